The maximum atomic E-state index is 5.86. The number of hydrogen-bond donors (Lipinski definition) is 0. The van der Waals surface area contributed by atoms with Gasteiger partial charge in [-0.2, -0.15) is 0 Å². The van der Waals surface area contributed by atoms with Gasteiger partial charge in [0.2, 0.25) is 5.28 Å². The van der Waals surface area contributed by atoms with Gasteiger partial charge in [0.15, 0.2) is 4.34 Å². The molecule has 3 aromatic heterocycles. The van der Waals surface area contributed by atoms with Crippen molar-refractivity contribution in [2.45, 2.75) is 9.37 Å². The third-order valence-corrected chi connectivity index (χ3v) is 4.54. The Labute approximate surface area is 108 Å². The monoisotopic (exact) mass is 286 g/mol. The zero-order valence-electron chi connectivity index (χ0n) is 7.62. The largest absolute Gasteiger partial charge is 0.224 e. The second kappa shape index (κ2) is 4.25. The molecule has 0 fully saturated rings. The molecule has 0 spiro atoms. The molecular formula is C8H3ClN4S3. The van der Waals surface area contributed by atoms with E-state index in [9.17, 15) is 0 Å². The average molecular weight is 287 g/mol. The second-order valence-electron chi connectivity index (χ2n) is 2.74. The molecule has 0 radical (unpaired) electrons. The van der Waals surface area contributed by atoms with E-state index in [1.54, 1.807) is 16.8 Å². The van der Waals surface area contributed by atoms with Crippen molar-refractivity contribution in [3.8, 4) is 0 Å². The number of thiophene rings is 1. The van der Waals surface area contributed by atoms with Gasteiger partial charge in [0, 0.05) is 5.39 Å². The van der Waals surface area contributed by atoms with Gasteiger partial charge in [-0.05, 0) is 34.8 Å². The minimum absolute atomic E-state index is 0.266. The fourth-order valence-electron chi connectivity index (χ4n) is 1.17. The molecule has 0 atom stereocenters. The van der Waals surface area contributed by atoms with Crippen LogP contribution in [0.3, 0.4) is 0 Å². The molecule has 80 valence electrons. The van der Waals surface area contributed by atoms with Crippen LogP contribution >= 0.6 is 46.0 Å². The molecule has 0 saturated carbocycles. The van der Waals surface area contributed by atoms with Crippen LogP contribution < -0.4 is 0 Å². The highest BCUT2D eigenvalue weighted by molar-refractivity contribution is 8.01. The molecule has 4 nitrogen and oxygen atoms in total. The van der Waals surface area contributed by atoms with Crippen LogP contribution in [0.5, 0.6) is 0 Å². The summed E-state index contributed by atoms with van der Waals surface area (Å²) in [4.78, 5) is 9.26. The molecule has 16 heavy (non-hydrogen) atoms. The number of halogens is 1. The van der Waals surface area contributed by atoms with Crippen molar-refractivity contribution < 1.29 is 0 Å². The van der Waals surface area contributed by atoms with Crippen LogP contribution in [0.1, 0.15) is 0 Å². The summed E-state index contributed by atoms with van der Waals surface area (Å²) < 4.78 is 0.849. The summed E-state index contributed by atoms with van der Waals surface area (Å²) >= 11 is 10.3. The minimum Gasteiger partial charge on any atom is -0.210 e. The van der Waals surface area contributed by atoms with Crippen molar-refractivity contribution in [2.24, 2.45) is 0 Å². The van der Waals surface area contributed by atoms with E-state index in [-0.39, 0.29) is 5.28 Å². The van der Waals surface area contributed by atoms with Gasteiger partial charge in [-0.25, -0.2) is 9.97 Å². The molecule has 0 aliphatic heterocycles. The highest BCUT2D eigenvalue weighted by atomic mass is 35.5. The Morgan fingerprint density at radius 1 is 1.25 bits per heavy atom. The van der Waals surface area contributed by atoms with Crippen molar-refractivity contribution in [2.75, 3.05) is 0 Å². The highest BCUT2D eigenvalue weighted by Gasteiger charge is 2.10. The quantitative estimate of drug-likeness (QED) is 0.534. The maximum Gasteiger partial charge on any atom is 0.224 e. The van der Waals surface area contributed by atoms with Gasteiger partial charge >= 0.3 is 0 Å². The average Bonchev–Trinajstić information content (AvgIpc) is 2.87. The van der Waals surface area contributed by atoms with Crippen LogP contribution in [0.25, 0.3) is 10.2 Å². The molecule has 0 N–H and O–H groups in total. The number of hydrogen-bond acceptors (Lipinski definition) is 7. The lowest BCUT2D eigenvalue weighted by molar-refractivity contribution is 1.01. The van der Waals surface area contributed by atoms with E-state index < -0.39 is 0 Å². The lowest BCUT2D eigenvalue weighted by atomic mass is 10.4. The van der Waals surface area contributed by atoms with Crippen LogP contribution in [0.2, 0.25) is 5.28 Å². The summed E-state index contributed by atoms with van der Waals surface area (Å²) in [7, 11) is 0. The van der Waals surface area contributed by atoms with Gasteiger partial charge in [0.25, 0.3) is 0 Å². The summed E-state index contributed by atoms with van der Waals surface area (Å²) in [6.07, 6.45) is 0. The molecule has 0 saturated heterocycles. The fourth-order valence-corrected chi connectivity index (χ4v) is 3.77. The summed E-state index contributed by atoms with van der Waals surface area (Å²) in [6, 6.07) is 1.99. The zero-order chi connectivity index (χ0) is 11.0. The zero-order valence-corrected chi connectivity index (χ0v) is 10.8. The SMILES string of the molecule is Clc1nc(Sc2nncs2)c2ccsc2n1. The van der Waals surface area contributed by atoms with E-state index in [0.717, 1.165) is 19.6 Å². The van der Waals surface area contributed by atoms with Crippen LogP contribution in [0.15, 0.2) is 26.3 Å². The van der Waals surface area contributed by atoms with Crippen LogP contribution in [-0.2, 0) is 0 Å². The molecule has 3 aromatic rings. The third kappa shape index (κ3) is 1.91. The molecule has 0 aromatic carbocycles. The lowest BCUT2D eigenvalue weighted by Gasteiger charge is -1.98. The second-order valence-corrected chi connectivity index (χ2v) is 6.05. The Morgan fingerprint density at radius 3 is 3.00 bits per heavy atom. The first kappa shape index (κ1) is 10.4. The van der Waals surface area contributed by atoms with Crippen LogP contribution in [0, 0.1) is 0 Å². The number of aromatic nitrogens is 4. The Morgan fingerprint density at radius 2 is 2.19 bits per heavy atom. The van der Waals surface area contributed by atoms with Gasteiger partial charge in [-0.15, -0.1) is 21.5 Å². The van der Waals surface area contributed by atoms with Crippen molar-refractivity contribution in [3.63, 3.8) is 0 Å². The van der Waals surface area contributed by atoms with Gasteiger partial charge < -0.3 is 0 Å². The molecule has 3 rings (SSSR count). The van der Waals surface area contributed by atoms with Gasteiger partial charge in [-0.3, -0.25) is 0 Å². The first-order valence-electron chi connectivity index (χ1n) is 4.18. The molecule has 8 heteroatoms. The Hall–Kier alpha value is -0.760. The summed E-state index contributed by atoms with van der Waals surface area (Å²) in [6.45, 7) is 0. The molecule has 0 aliphatic rings. The van der Waals surface area contributed by atoms with Crippen LogP contribution in [-0.4, -0.2) is 20.2 Å². The molecule has 0 amide bonds. The van der Waals surface area contributed by atoms with Crippen molar-refractivity contribution in [1.29, 1.82) is 0 Å². The highest BCUT2D eigenvalue weighted by Crippen LogP contribution is 2.34. The van der Waals surface area contributed by atoms with Crippen molar-refractivity contribution >= 4 is 56.3 Å². The summed E-state index contributed by atoms with van der Waals surface area (Å²) in [5, 5.41) is 11.8. The minimum atomic E-state index is 0.266. The topological polar surface area (TPSA) is 51.6 Å². The van der Waals surface area contributed by atoms with E-state index in [0.29, 0.717) is 0 Å². The lowest BCUT2D eigenvalue weighted by Crippen LogP contribution is -1.86. The molecular weight excluding hydrogens is 284 g/mol. The number of fused-ring (bicyclic) bond motifs is 1. The third-order valence-electron chi connectivity index (χ3n) is 1.79. The first-order chi connectivity index (χ1) is 7.83. The van der Waals surface area contributed by atoms with Crippen molar-refractivity contribution in [3.05, 3.63) is 22.2 Å². The Kier molecular flexibility index (Phi) is 2.76. The van der Waals surface area contributed by atoms with Crippen LogP contribution in [0.4, 0.5) is 0 Å². The number of rotatable bonds is 2. The summed E-state index contributed by atoms with van der Waals surface area (Å²) in [5.74, 6) is 0. The van der Waals surface area contributed by atoms with Crippen molar-refractivity contribution in [1.82, 2.24) is 20.2 Å². The van der Waals surface area contributed by atoms with E-state index in [1.165, 1.54) is 23.1 Å². The van der Waals surface area contributed by atoms with E-state index >= 15 is 0 Å². The standard InChI is InChI=1S/C8H3ClN4S3/c9-7-11-5-4(1-2-14-5)6(12-7)16-8-13-10-3-15-8/h1-3H. The Balaban J connectivity index is 2.11. The maximum absolute atomic E-state index is 5.86. The predicted molar refractivity (Wildman–Crippen MR) is 66.5 cm³/mol. The summed E-state index contributed by atoms with van der Waals surface area (Å²) in [5.41, 5.74) is 1.69. The normalized spacial score (nSPS) is 11.1. The molecule has 0 unspecified atom stereocenters. The molecule has 0 bridgehead atoms. The van der Waals surface area contributed by atoms with Gasteiger partial charge in [0.1, 0.15) is 15.4 Å². The molecule has 3 heterocycles. The molecule has 0 aliphatic carbocycles. The predicted octanol–water partition coefficient (Wildman–Crippen LogP) is 3.35. The van der Waals surface area contributed by atoms with E-state index in [2.05, 4.69) is 20.2 Å². The van der Waals surface area contributed by atoms with E-state index in [4.69, 9.17) is 11.6 Å². The number of nitrogens with zero attached hydrogens (tertiary/aromatic N) is 4. The smallest absolute Gasteiger partial charge is 0.210 e. The first-order valence-corrected chi connectivity index (χ1v) is 7.13. The van der Waals surface area contributed by atoms with Gasteiger partial charge in [0.05, 0.1) is 0 Å². The fraction of sp³-hybridized carbons (Fsp3) is 0. The van der Waals surface area contributed by atoms with E-state index in [1.807, 2.05) is 11.4 Å². The van der Waals surface area contributed by atoms with Gasteiger partial charge in [-0.1, -0.05) is 11.3 Å². The Bertz CT molecular complexity index is 621.